The Balaban J connectivity index is 1.57. The first-order chi connectivity index (χ1) is 12.1. The number of aromatic amines is 1. The van der Waals surface area contributed by atoms with Crippen molar-refractivity contribution < 1.29 is 14.3 Å². The number of nitrogens with zero attached hydrogens (tertiary/aromatic N) is 1. The molecule has 2 atom stereocenters. The zero-order chi connectivity index (χ0) is 17.6. The highest BCUT2D eigenvalue weighted by molar-refractivity contribution is 7.71. The number of hydrogen-bond donors (Lipinski definition) is 2. The second kappa shape index (κ2) is 8.42. The third-order valence-corrected chi connectivity index (χ3v) is 4.53. The predicted molar refractivity (Wildman–Crippen MR) is 98.6 cm³/mol. The molecule has 0 saturated carbocycles. The largest absolute Gasteiger partial charge is 0.376 e. The van der Waals surface area contributed by atoms with Crippen LogP contribution >= 0.6 is 12.2 Å². The average Bonchev–Trinajstić information content (AvgIpc) is 3.06. The van der Waals surface area contributed by atoms with Crippen molar-refractivity contribution in [1.82, 2.24) is 9.55 Å². The van der Waals surface area contributed by atoms with Gasteiger partial charge < -0.3 is 19.8 Å². The highest BCUT2D eigenvalue weighted by Gasteiger charge is 2.19. The summed E-state index contributed by atoms with van der Waals surface area (Å²) in [5, 5.41) is 2.89. The summed E-state index contributed by atoms with van der Waals surface area (Å²) in [5.41, 5.74) is 1.59. The van der Waals surface area contributed by atoms with Crippen LogP contribution in [0.2, 0.25) is 0 Å². The van der Waals surface area contributed by atoms with Crippen molar-refractivity contribution in [2.45, 2.75) is 38.4 Å². The van der Waals surface area contributed by atoms with Crippen LogP contribution in [0.4, 0.5) is 5.69 Å². The first-order valence-electron chi connectivity index (χ1n) is 8.54. The summed E-state index contributed by atoms with van der Waals surface area (Å²) < 4.78 is 13.7. The van der Waals surface area contributed by atoms with Gasteiger partial charge in [0, 0.05) is 30.4 Å². The van der Waals surface area contributed by atoms with Gasteiger partial charge in [-0.1, -0.05) is 6.07 Å². The summed E-state index contributed by atoms with van der Waals surface area (Å²) in [4.78, 5) is 15.3. The monoisotopic (exact) mass is 361 g/mol. The van der Waals surface area contributed by atoms with Gasteiger partial charge in [0.2, 0.25) is 0 Å². The summed E-state index contributed by atoms with van der Waals surface area (Å²) in [6.45, 7) is 2.99. The Bertz CT molecular complexity index is 765. The number of carbonyl (C=O) groups is 1. The smallest absolute Gasteiger partial charge is 0.253 e. The highest BCUT2D eigenvalue weighted by atomic mass is 32.1. The first-order valence-corrected chi connectivity index (χ1v) is 8.95. The van der Waals surface area contributed by atoms with E-state index in [1.165, 1.54) is 0 Å². The predicted octanol–water partition coefficient (Wildman–Crippen LogP) is 3.45. The molecule has 0 radical (unpaired) electrons. The van der Waals surface area contributed by atoms with E-state index in [-0.39, 0.29) is 12.0 Å². The highest BCUT2D eigenvalue weighted by Crippen LogP contribution is 2.16. The number of anilines is 1. The van der Waals surface area contributed by atoms with Gasteiger partial charge in [0.25, 0.3) is 5.91 Å². The van der Waals surface area contributed by atoms with Gasteiger partial charge in [-0.25, -0.2) is 0 Å². The molecule has 2 unspecified atom stereocenters. The number of ether oxygens (including phenoxy) is 2. The average molecular weight is 361 g/mol. The van der Waals surface area contributed by atoms with Crippen molar-refractivity contribution in [3.63, 3.8) is 0 Å². The number of imidazole rings is 1. The summed E-state index contributed by atoms with van der Waals surface area (Å²) in [7, 11) is 0. The van der Waals surface area contributed by atoms with Crippen molar-refractivity contribution in [3.05, 3.63) is 41.4 Å². The topological polar surface area (TPSA) is 68.3 Å². The van der Waals surface area contributed by atoms with Crippen LogP contribution < -0.4 is 5.32 Å². The molecule has 1 aromatic heterocycles. The van der Waals surface area contributed by atoms with E-state index in [0.717, 1.165) is 31.6 Å². The number of H-pyrrole nitrogens is 1. The SMILES string of the molecule is CC(OCC1CCCCO1)C(=O)Nc1cccc(-n2cc[nH]c2=S)c1. The van der Waals surface area contributed by atoms with Crippen molar-refractivity contribution in [3.8, 4) is 5.69 Å². The van der Waals surface area contributed by atoms with Gasteiger partial charge >= 0.3 is 0 Å². The molecule has 1 aromatic carbocycles. The minimum atomic E-state index is -0.538. The third kappa shape index (κ3) is 4.78. The molecule has 1 amide bonds. The van der Waals surface area contributed by atoms with Crippen LogP contribution in [0.15, 0.2) is 36.7 Å². The minimum absolute atomic E-state index is 0.0998. The standard InChI is InChI=1S/C18H23N3O3S/c1-13(24-12-16-7-2-3-10-23-16)17(22)20-14-5-4-6-15(11-14)21-9-8-19-18(21)25/h4-6,8-9,11,13,16H,2-3,7,10,12H2,1H3,(H,19,25)(H,20,22). The number of nitrogens with one attached hydrogen (secondary N) is 2. The van der Waals surface area contributed by atoms with E-state index in [4.69, 9.17) is 21.7 Å². The molecule has 25 heavy (non-hydrogen) atoms. The molecule has 0 spiro atoms. The van der Waals surface area contributed by atoms with E-state index < -0.39 is 6.10 Å². The third-order valence-electron chi connectivity index (χ3n) is 4.22. The van der Waals surface area contributed by atoms with Gasteiger partial charge in [-0.05, 0) is 56.6 Å². The van der Waals surface area contributed by atoms with E-state index in [0.29, 0.717) is 17.1 Å². The number of carbonyl (C=O) groups excluding carboxylic acids is 1. The molecule has 7 heteroatoms. The quantitative estimate of drug-likeness (QED) is 0.774. The molecule has 2 aromatic rings. The van der Waals surface area contributed by atoms with Gasteiger partial charge in [-0.15, -0.1) is 0 Å². The molecule has 0 aliphatic carbocycles. The molecule has 2 N–H and O–H groups in total. The van der Waals surface area contributed by atoms with Gasteiger partial charge in [0.15, 0.2) is 4.77 Å². The Labute approximate surface area is 152 Å². The molecule has 2 heterocycles. The summed E-state index contributed by atoms with van der Waals surface area (Å²) in [6, 6.07) is 7.52. The molecule has 1 saturated heterocycles. The summed E-state index contributed by atoms with van der Waals surface area (Å²) in [6.07, 6.45) is 6.44. The van der Waals surface area contributed by atoms with Crippen molar-refractivity contribution >= 4 is 23.8 Å². The van der Waals surface area contributed by atoms with Crippen LogP contribution in [0.3, 0.4) is 0 Å². The van der Waals surface area contributed by atoms with Gasteiger partial charge in [-0.3, -0.25) is 9.36 Å². The Kier molecular flexibility index (Phi) is 6.01. The maximum atomic E-state index is 12.3. The molecule has 3 rings (SSSR count). The van der Waals surface area contributed by atoms with Crippen molar-refractivity contribution in [1.29, 1.82) is 0 Å². The molecule has 1 aliphatic rings. The molecule has 1 fully saturated rings. The fraction of sp³-hybridized carbons (Fsp3) is 0.444. The maximum absolute atomic E-state index is 12.3. The Morgan fingerprint density at radius 2 is 2.40 bits per heavy atom. The van der Waals surface area contributed by atoms with Crippen LogP contribution in [0.1, 0.15) is 26.2 Å². The lowest BCUT2D eigenvalue weighted by molar-refractivity contribution is -0.130. The Morgan fingerprint density at radius 1 is 1.52 bits per heavy atom. The molecule has 1 aliphatic heterocycles. The first kappa shape index (κ1) is 17.8. The van der Waals surface area contributed by atoms with E-state index in [1.54, 1.807) is 13.1 Å². The van der Waals surface area contributed by atoms with Gasteiger partial charge in [0.1, 0.15) is 6.10 Å². The normalized spacial score (nSPS) is 18.7. The fourth-order valence-corrected chi connectivity index (χ4v) is 3.00. The molecule has 134 valence electrons. The lowest BCUT2D eigenvalue weighted by Gasteiger charge is -2.24. The second-order valence-electron chi connectivity index (χ2n) is 6.14. The molecular weight excluding hydrogens is 338 g/mol. The fourth-order valence-electron chi connectivity index (χ4n) is 2.77. The lowest BCUT2D eigenvalue weighted by atomic mass is 10.1. The lowest BCUT2D eigenvalue weighted by Crippen LogP contribution is -2.32. The number of rotatable bonds is 6. The van der Waals surface area contributed by atoms with Crippen molar-refractivity contribution in [2.75, 3.05) is 18.5 Å². The summed E-state index contributed by atoms with van der Waals surface area (Å²) >= 11 is 5.22. The van der Waals surface area contributed by atoms with Crippen LogP contribution in [-0.4, -0.2) is 40.9 Å². The number of hydrogen-bond acceptors (Lipinski definition) is 4. The van der Waals surface area contributed by atoms with E-state index >= 15 is 0 Å². The van der Waals surface area contributed by atoms with Crippen molar-refractivity contribution in [2.24, 2.45) is 0 Å². The number of amides is 1. The Hall–Kier alpha value is -1.96. The van der Waals surface area contributed by atoms with Crippen LogP contribution in [0.25, 0.3) is 5.69 Å². The maximum Gasteiger partial charge on any atom is 0.253 e. The molecule has 6 nitrogen and oxygen atoms in total. The molecule has 0 bridgehead atoms. The number of benzene rings is 1. The van der Waals surface area contributed by atoms with Crippen LogP contribution in [0.5, 0.6) is 0 Å². The zero-order valence-electron chi connectivity index (χ0n) is 14.2. The van der Waals surface area contributed by atoms with E-state index in [1.807, 2.05) is 35.0 Å². The summed E-state index contributed by atoms with van der Waals surface area (Å²) in [5.74, 6) is -0.175. The zero-order valence-corrected chi connectivity index (χ0v) is 15.1. The van der Waals surface area contributed by atoms with Crippen LogP contribution in [0, 0.1) is 4.77 Å². The second-order valence-corrected chi connectivity index (χ2v) is 6.53. The van der Waals surface area contributed by atoms with E-state index in [2.05, 4.69) is 10.3 Å². The number of aromatic nitrogens is 2. The van der Waals surface area contributed by atoms with E-state index in [9.17, 15) is 4.79 Å². The van der Waals surface area contributed by atoms with Crippen LogP contribution in [-0.2, 0) is 14.3 Å². The molecular formula is C18H23N3O3S. The minimum Gasteiger partial charge on any atom is -0.376 e. The van der Waals surface area contributed by atoms with Gasteiger partial charge in [-0.2, -0.15) is 0 Å². The van der Waals surface area contributed by atoms with Gasteiger partial charge in [0.05, 0.1) is 12.7 Å². The Morgan fingerprint density at radius 3 is 3.12 bits per heavy atom.